The van der Waals surface area contributed by atoms with Gasteiger partial charge in [-0.25, -0.2) is 9.98 Å². The molecule has 8 nitrogen and oxygen atoms in total. The highest BCUT2D eigenvalue weighted by atomic mass is 32.1. The summed E-state index contributed by atoms with van der Waals surface area (Å²) in [5.74, 6) is -0.181. The minimum absolute atomic E-state index is 0.0227. The first-order valence-electron chi connectivity index (χ1n) is 8.21. The number of H-pyrrole nitrogens is 2. The molecule has 0 bridgehead atoms. The van der Waals surface area contributed by atoms with E-state index in [0.717, 1.165) is 0 Å². The molecule has 4 rings (SSSR count). The zero-order valence-electron chi connectivity index (χ0n) is 14.3. The van der Waals surface area contributed by atoms with Gasteiger partial charge in [-0.3, -0.25) is 19.8 Å². The van der Waals surface area contributed by atoms with Crippen LogP contribution in [0.3, 0.4) is 0 Å². The fourth-order valence-electron chi connectivity index (χ4n) is 3.02. The van der Waals surface area contributed by atoms with Crippen LogP contribution in [-0.4, -0.2) is 31.1 Å². The molecule has 0 saturated heterocycles. The smallest absolute Gasteiger partial charge is 0.273 e. The first kappa shape index (κ1) is 17.0. The molecule has 0 saturated carbocycles. The Kier molecular flexibility index (Phi) is 4.21. The molecule has 0 aliphatic heterocycles. The van der Waals surface area contributed by atoms with E-state index in [1.54, 1.807) is 40.4 Å². The van der Waals surface area contributed by atoms with Gasteiger partial charge in [-0.05, 0) is 19.1 Å². The molecule has 0 unspecified atom stereocenters. The number of aromatic amines is 2. The van der Waals surface area contributed by atoms with Gasteiger partial charge in [-0.2, -0.15) is 0 Å². The van der Waals surface area contributed by atoms with Gasteiger partial charge in [0.1, 0.15) is 11.3 Å². The van der Waals surface area contributed by atoms with Gasteiger partial charge in [0.15, 0.2) is 0 Å². The summed E-state index contributed by atoms with van der Waals surface area (Å²) in [6.07, 6.45) is 2.95. The van der Waals surface area contributed by atoms with Gasteiger partial charge in [0.2, 0.25) is 5.13 Å². The number of aromatic hydroxyl groups is 1. The summed E-state index contributed by atoms with van der Waals surface area (Å²) in [5, 5.41) is 18.7. The number of aromatic nitrogens is 4. The van der Waals surface area contributed by atoms with Crippen LogP contribution in [0.2, 0.25) is 0 Å². The summed E-state index contributed by atoms with van der Waals surface area (Å²) >= 11 is 1.32. The van der Waals surface area contributed by atoms with Crippen LogP contribution in [0.1, 0.15) is 12.5 Å². The topological polar surface area (TPSA) is 116 Å². The Morgan fingerprint density at radius 1 is 1.30 bits per heavy atom. The van der Waals surface area contributed by atoms with Crippen molar-refractivity contribution in [3.63, 3.8) is 0 Å². The van der Waals surface area contributed by atoms with E-state index in [9.17, 15) is 14.7 Å². The highest BCUT2D eigenvalue weighted by Crippen LogP contribution is 2.32. The zero-order valence-corrected chi connectivity index (χ0v) is 15.1. The van der Waals surface area contributed by atoms with E-state index in [2.05, 4.69) is 20.2 Å². The number of aryl methyl sites for hydroxylation is 1. The van der Waals surface area contributed by atoms with Crippen molar-refractivity contribution in [2.24, 2.45) is 4.99 Å². The van der Waals surface area contributed by atoms with Gasteiger partial charge in [-0.1, -0.05) is 12.1 Å². The maximum atomic E-state index is 13.0. The lowest BCUT2D eigenvalue weighted by Gasteiger charge is -2.13. The molecule has 0 fully saturated rings. The van der Waals surface area contributed by atoms with Crippen molar-refractivity contribution in [1.82, 2.24) is 19.7 Å². The summed E-state index contributed by atoms with van der Waals surface area (Å²) in [6.45, 7) is 2.27. The lowest BCUT2D eigenvalue weighted by Crippen LogP contribution is -2.22. The predicted octanol–water partition coefficient (Wildman–Crippen LogP) is 2.62. The summed E-state index contributed by atoms with van der Waals surface area (Å²) < 4.78 is 1.55. The van der Waals surface area contributed by atoms with Gasteiger partial charge in [0.05, 0.1) is 16.8 Å². The van der Waals surface area contributed by atoms with Crippen molar-refractivity contribution in [2.75, 3.05) is 0 Å². The van der Waals surface area contributed by atoms with Gasteiger partial charge >= 0.3 is 0 Å². The van der Waals surface area contributed by atoms with Crippen molar-refractivity contribution in [3.8, 4) is 17.0 Å². The lowest BCUT2D eigenvalue weighted by atomic mass is 10.0. The molecule has 0 aliphatic rings. The van der Waals surface area contributed by atoms with Crippen LogP contribution in [0.4, 0.5) is 5.13 Å². The fourth-order valence-corrected chi connectivity index (χ4v) is 3.49. The molecule has 27 heavy (non-hydrogen) atoms. The van der Waals surface area contributed by atoms with Crippen LogP contribution in [0.25, 0.3) is 22.2 Å². The molecular formula is C18H15N5O3S. The molecule has 4 aromatic rings. The Bertz CT molecular complexity index is 1260. The van der Waals surface area contributed by atoms with Gasteiger partial charge in [0.25, 0.3) is 11.1 Å². The Hall–Kier alpha value is -3.46. The van der Waals surface area contributed by atoms with Crippen molar-refractivity contribution >= 4 is 33.6 Å². The van der Waals surface area contributed by atoms with Crippen molar-refractivity contribution < 1.29 is 5.11 Å². The SMILES string of the molecule is CCn1c(=O)c(-c2[nH][nH]c(=O)c2/C=N/c2nccs2)c(O)c2ccccc21. The summed E-state index contributed by atoms with van der Waals surface area (Å²) in [6, 6.07) is 7.08. The monoisotopic (exact) mass is 381 g/mol. The largest absolute Gasteiger partial charge is 0.506 e. The van der Waals surface area contributed by atoms with Crippen molar-refractivity contribution in [2.45, 2.75) is 13.5 Å². The highest BCUT2D eigenvalue weighted by molar-refractivity contribution is 7.13. The third kappa shape index (κ3) is 2.77. The average Bonchev–Trinajstić information content (AvgIpc) is 3.31. The molecule has 136 valence electrons. The maximum Gasteiger partial charge on any atom is 0.273 e. The minimum atomic E-state index is -0.444. The third-order valence-electron chi connectivity index (χ3n) is 4.25. The molecule has 9 heteroatoms. The number of nitrogens with zero attached hydrogens (tertiary/aromatic N) is 3. The summed E-state index contributed by atoms with van der Waals surface area (Å²) in [4.78, 5) is 33.5. The predicted molar refractivity (Wildman–Crippen MR) is 105 cm³/mol. The quantitative estimate of drug-likeness (QED) is 0.471. The van der Waals surface area contributed by atoms with Gasteiger partial charge in [-0.15, -0.1) is 11.3 Å². The van der Waals surface area contributed by atoms with Crippen LogP contribution in [-0.2, 0) is 6.54 Å². The van der Waals surface area contributed by atoms with E-state index < -0.39 is 11.1 Å². The maximum absolute atomic E-state index is 13.0. The first-order chi connectivity index (χ1) is 13.1. The number of hydrogen-bond acceptors (Lipinski definition) is 6. The van der Waals surface area contributed by atoms with E-state index >= 15 is 0 Å². The number of hydrogen-bond donors (Lipinski definition) is 3. The van der Waals surface area contributed by atoms with Crippen molar-refractivity contribution in [3.05, 3.63) is 62.1 Å². The minimum Gasteiger partial charge on any atom is -0.506 e. The average molecular weight is 381 g/mol. The van der Waals surface area contributed by atoms with E-state index in [0.29, 0.717) is 22.6 Å². The van der Waals surface area contributed by atoms with Crippen LogP contribution < -0.4 is 11.1 Å². The number of rotatable bonds is 4. The second kappa shape index (κ2) is 6.69. The first-order valence-corrected chi connectivity index (χ1v) is 9.08. The number of fused-ring (bicyclic) bond motifs is 1. The molecule has 0 aliphatic carbocycles. The Morgan fingerprint density at radius 3 is 2.85 bits per heavy atom. The Labute approximate surface area is 156 Å². The Morgan fingerprint density at radius 2 is 2.11 bits per heavy atom. The fraction of sp³-hybridized carbons (Fsp3) is 0.111. The second-order valence-electron chi connectivity index (χ2n) is 5.73. The molecule has 3 aromatic heterocycles. The number of benzene rings is 1. The molecule has 0 amide bonds. The van der Waals surface area contributed by atoms with E-state index in [1.165, 1.54) is 17.6 Å². The molecule has 0 spiro atoms. The second-order valence-corrected chi connectivity index (χ2v) is 6.60. The number of pyridine rings is 1. The number of para-hydroxylation sites is 1. The van der Waals surface area contributed by atoms with E-state index in [-0.39, 0.29) is 22.6 Å². The van der Waals surface area contributed by atoms with Crippen LogP contribution in [0.5, 0.6) is 5.75 Å². The van der Waals surface area contributed by atoms with Gasteiger partial charge < -0.3 is 9.67 Å². The normalized spacial score (nSPS) is 11.6. The van der Waals surface area contributed by atoms with Gasteiger partial charge in [0, 0.05) is 29.7 Å². The van der Waals surface area contributed by atoms with Crippen LogP contribution >= 0.6 is 11.3 Å². The molecule has 0 atom stereocenters. The summed E-state index contributed by atoms with van der Waals surface area (Å²) in [5.41, 5.74) is 0.149. The summed E-state index contributed by atoms with van der Waals surface area (Å²) in [7, 11) is 0. The number of thiazole rings is 1. The van der Waals surface area contributed by atoms with E-state index in [1.807, 2.05) is 6.92 Å². The van der Waals surface area contributed by atoms with Crippen LogP contribution in [0, 0.1) is 0 Å². The third-order valence-corrected chi connectivity index (χ3v) is 4.93. The molecule has 1 aromatic carbocycles. The Balaban J connectivity index is 1.99. The molecule has 0 radical (unpaired) electrons. The highest BCUT2D eigenvalue weighted by Gasteiger charge is 2.22. The zero-order chi connectivity index (χ0) is 19.0. The molecular weight excluding hydrogens is 366 g/mol. The number of aliphatic imine (C=N–C) groups is 1. The lowest BCUT2D eigenvalue weighted by molar-refractivity contribution is 0.481. The molecule has 3 N–H and O–H groups in total. The number of nitrogens with one attached hydrogen (secondary N) is 2. The van der Waals surface area contributed by atoms with Crippen molar-refractivity contribution in [1.29, 1.82) is 0 Å². The van der Waals surface area contributed by atoms with Crippen LogP contribution in [0.15, 0.2) is 50.4 Å². The van der Waals surface area contributed by atoms with E-state index in [4.69, 9.17) is 0 Å². The molecule has 3 heterocycles. The standard InChI is InChI=1S/C18H15N5O3S/c1-2-23-12-6-4-3-5-10(12)15(24)13(17(23)26)14-11(16(25)22-21-14)9-20-18-19-7-8-27-18/h3-9,24H,2H2,1H3,(H2,21,22,25)/b20-9+.